The first kappa shape index (κ1) is 5.72. The minimum atomic E-state index is -2.29. The van der Waals surface area contributed by atoms with Gasteiger partial charge in [0.05, 0.1) is 0 Å². The zero-order chi connectivity index (χ0) is 14.4. The summed E-state index contributed by atoms with van der Waals surface area (Å²) < 4.78 is 40.9. The van der Waals surface area contributed by atoms with Crippen molar-refractivity contribution in [1.82, 2.24) is 3.57 Å². The molecular weight excluding hydrogens is 338 g/mol. The number of rotatable bonds is 1. The van der Waals surface area contributed by atoms with Gasteiger partial charge in [-0.15, -0.1) is 0 Å². The normalized spacial score (nSPS) is 26.2. The van der Waals surface area contributed by atoms with Crippen LogP contribution in [0.4, 0.5) is 0 Å². The summed E-state index contributed by atoms with van der Waals surface area (Å²) in [6, 6.07) is 0. The summed E-state index contributed by atoms with van der Waals surface area (Å²) in [5.41, 5.74) is -0.247. The third kappa shape index (κ3) is 3.66. The van der Waals surface area contributed by atoms with Gasteiger partial charge in [0.15, 0.2) is 0 Å². The Bertz CT molecular complexity index is 389. The maximum atomic E-state index is 8.24. The molecule has 0 saturated carbocycles. The van der Waals surface area contributed by atoms with Gasteiger partial charge in [0.2, 0.25) is 0 Å². The van der Waals surface area contributed by atoms with E-state index in [1.54, 1.807) is 49.6 Å². The van der Waals surface area contributed by atoms with Crippen LogP contribution in [0.1, 0.15) is 40.8 Å². The van der Waals surface area contributed by atoms with Crippen molar-refractivity contribution in [3.63, 3.8) is 0 Å². The summed E-state index contributed by atoms with van der Waals surface area (Å²) in [6.45, 7) is 3.58. The molecule has 1 aliphatic rings. The molecular formula is C11H18IrN+2. The molecule has 0 aromatic heterocycles. The molecule has 0 saturated heterocycles. The van der Waals surface area contributed by atoms with Crippen molar-refractivity contribution >= 4 is 0 Å². The van der Waals surface area contributed by atoms with Crippen molar-refractivity contribution < 1.29 is 26.0 Å². The predicted octanol–water partition coefficient (Wildman–Crippen LogP) is 3.03. The molecule has 2 heteroatoms. The fraction of sp³-hybridized carbons (Fsp3) is 0.636. The Labute approximate surface area is 99.3 Å². The molecule has 0 fully saturated rings. The van der Waals surface area contributed by atoms with Gasteiger partial charge in [-0.1, -0.05) is 0 Å². The van der Waals surface area contributed by atoms with Gasteiger partial charge in [-0.25, -0.2) is 0 Å². The van der Waals surface area contributed by atoms with Gasteiger partial charge in [0.1, 0.15) is 0 Å². The van der Waals surface area contributed by atoms with Gasteiger partial charge >= 0.3 is 98.9 Å². The van der Waals surface area contributed by atoms with Crippen LogP contribution in [0.3, 0.4) is 0 Å². The fourth-order valence-corrected chi connectivity index (χ4v) is 1.59. The Morgan fingerprint density at radius 1 is 1.69 bits per heavy atom. The second kappa shape index (κ2) is 3.98. The third-order valence-electron chi connectivity index (χ3n) is 1.52. The monoisotopic (exact) mass is 362 g/mol. The summed E-state index contributed by atoms with van der Waals surface area (Å²) in [5, 5.41) is 0. The molecule has 0 aromatic carbocycles. The topological polar surface area (TPSA) is 3.24 Å². The SMILES string of the molecule is [2H]C([2H])([2H])C1=C[N]([Ir+2])CC=C1C([2H])([2H])C(C)(C)C. The van der Waals surface area contributed by atoms with Gasteiger partial charge in [0.25, 0.3) is 0 Å². The van der Waals surface area contributed by atoms with Crippen LogP contribution < -0.4 is 0 Å². The van der Waals surface area contributed by atoms with Gasteiger partial charge < -0.3 is 0 Å². The molecule has 0 aromatic rings. The van der Waals surface area contributed by atoms with Crippen LogP contribution in [0.5, 0.6) is 0 Å². The van der Waals surface area contributed by atoms with Gasteiger partial charge in [-0.3, -0.25) is 0 Å². The molecule has 1 aliphatic heterocycles. The fourth-order valence-electron chi connectivity index (χ4n) is 1.06. The average molecular weight is 362 g/mol. The Morgan fingerprint density at radius 3 is 2.92 bits per heavy atom. The van der Waals surface area contributed by atoms with E-state index in [2.05, 4.69) is 0 Å². The second-order valence-electron chi connectivity index (χ2n) is 4.09. The van der Waals surface area contributed by atoms with Crippen molar-refractivity contribution in [2.75, 3.05) is 6.54 Å². The zero-order valence-corrected chi connectivity index (χ0v) is 10.5. The summed E-state index contributed by atoms with van der Waals surface area (Å²) >= 11 is 1.78. The van der Waals surface area contributed by atoms with E-state index >= 15 is 0 Å². The molecule has 1 rings (SSSR count). The van der Waals surface area contributed by atoms with Crippen LogP contribution >= 0.6 is 0 Å². The molecule has 74 valence electrons. The van der Waals surface area contributed by atoms with Crippen LogP contribution in [0.2, 0.25) is 0 Å². The van der Waals surface area contributed by atoms with E-state index < -0.39 is 18.6 Å². The Balaban J connectivity index is 3.28. The second-order valence-corrected chi connectivity index (χ2v) is 5.47. The van der Waals surface area contributed by atoms with E-state index in [0.29, 0.717) is 12.1 Å². The average Bonchev–Trinajstić information content (AvgIpc) is 2.13. The molecule has 0 N–H and O–H groups in total. The van der Waals surface area contributed by atoms with Gasteiger partial charge in [0, 0.05) is 0 Å². The molecule has 0 atom stereocenters. The van der Waals surface area contributed by atoms with E-state index in [-0.39, 0.29) is 5.57 Å². The van der Waals surface area contributed by atoms with Crippen molar-refractivity contribution in [2.45, 2.75) is 34.0 Å². The van der Waals surface area contributed by atoms with Crippen LogP contribution in [0.25, 0.3) is 0 Å². The zero-order valence-electron chi connectivity index (χ0n) is 13.1. The summed E-state index contributed by atoms with van der Waals surface area (Å²) in [5.74, 6) is 0. The number of allylic oxidation sites excluding steroid dienone is 2. The van der Waals surface area contributed by atoms with Crippen molar-refractivity contribution in [3.8, 4) is 0 Å². The van der Waals surface area contributed by atoms with Crippen LogP contribution in [0.15, 0.2) is 23.4 Å². The number of nitrogens with zero attached hydrogens (tertiary/aromatic N) is 1. The van der Waals surface area contributed by atoms with Crippen LogP contribution in [-0.4, -0.2) is 10.1 Å². The van der Waals surface area contributed by atoms with Crippen LogP contribution in [0, 0.1) is 5.41 Å². The molecule has 0 amide bonds. The van der Waals surface area contributed by atoms with E-state index in [0.717, 1.165) is 0 Å². The first-order valence-electron chi connectivity index (χ1n) is 6.71. The van der Waals surface area contributed by atoms with Crippen LogP contribution in [-0.2, 0) is 19.1 Å². The molecule has 0 unspecified atom stereocenters. The Hall–Kier alpha value is -0.0706. The molecule has 0 aliphatic carbocycles. The third-order valence-corrected chi connectivity index (χ3v) is 2.27. The van der Waals surface area contributed by atoms with Crippen molar-refractivity contribution in [2.24, 2.45) is 5.41 Å². The number of hydrogen-bond donors (Lipinski definition) is 0. The Kier molecular flexibility index (Phi) is 1.75. The first-order chi connectivity index (χ1) is 7.87. The summed E-state index contributed by atoms with van der Waals surface area (Å²) in [6.07, 6.45) is 1.55. The van der Waals surface area contributed by atoms with E-state index in [4.69, 9.17) is 6.85 Å². The van der Waals surface area contributed by atoms with Gasteiger partial charge in [-0.2, -0.15) is 0 Å². The number of hydrogen-bond acceptors (Lipinski definition) is 1. The molecule has 1 heterocycles. The Morgan fingerprint density at radius 2 is 2.38 bits per heavy atom. The quantitative estimate of drug-likeness (QED) is 0.694. The standard InChI is InChI=1S/C11H18N.Ir/c1-9-8-12-6-5-10(9)7-11(2,3)4;/h5,8H,6-7H2,1-4H3;/q-1;+3/i1D3,7D2;. The molecule has 0 spiro atoms. The summed E-state index contributed by atoms with van der Waals surface area (Å²) in [7, 11) is 0. The van der Waals surface area contributed by atoms with Crippen molar-refractivity contribution in [1.29, 1.82) is 0 Å². The predicted molar refractivity (Wildman–Crippen MR) is 52.6 cm³/mol. The van der Waals surface area contributed by atoms with Crippen molar-refractivity contribution in [3.05, 3.63) is 23.4 Å². The minimum absolute atomic E-state index is 0.108. The summed E-state index contributed by atoms with van der Waals surface area (Å²) in [4.78, 5) is 0. The van der Waals surface area contributed by atoms with E-state index in [1.165, 1.54) is 6.20 Å². The molecule has 0 bridgehead atoms. The van der Waals surface area contributed by atoms with E-state index in [1.807, 2.05) is 0 Å². The molecule has 1 nitrogen and oxygen atoms in total. The maximum absolute atomic E-state index is 8.24. The molecule has 0 radical (unpaired) electrons. The van der Waals surface area contributed by atoms with Gasteiger partial charge in [-0.05, 0) is 0 Å². The van der Waals surface area contributed by atoms with E-state index in [9.17, 15) is 0 Å². The first-order valence-corrected chi connectivity index (χ1v) is 5.28. The molecule has 13 heavy (non-hydrogen) atoms.